The maximum absolute atomic E-state index is 13.3. The van der Waals surface area contributed by atoms with Gasteiger partial charge in [0.05, 0.1) is 19.2 Å². The topological polar surface area (TPSA) is 54.8 Å². The van der Waals surface area contributed by atoms with E-state index in [1.807, 2.05) is 60.8 Å². The molecule has 2 amide bonds. The quantitative estimate of drug-likeness (QED) is 0.560. The van der Waals surface area contributed by atoms with E-state index in [9.17, 15) is 9.59 Å². The number of unbranched alkanes of at least 4 members (excludes halogenated alkanes) is 1. The second-order valence-corrected chi connectivity index (χ2v) is 8.06. The molecule has 1 heterocycles. The number of amides is 2. The summed E-state index contributed by atoms with van der Waals surface area (Å²) >= 11 is 0. The Balaban J connectivity index is 2.22. The smallest absolute Gasteiger partial charge is 0.258 e. The van der Waals surface area contributed by atoms with Gasteiger partial charge in [-0.05, 0) is 36.6 Å². The van der Waals surface area contributed by atoms with Crippen molar-refractivity contribution in [3.8, 4) is 5.75 Å². The summed E-state index contributed by atoms with van der Waals surface area (Å²) in [7, 11) is 3.53. The van der Waals surface area contributed by atoms with Crippen molar-refractivity contribution >= 4 is 11.8 Å². The van der Waals surface area contributed by atoms with Crippen LogP contribution in [0, 0.1) is 5.92 Å². The second kappa shape index (κ2) is 11.4. The van der Waals surface area contributed by atoms with E-state index < -0.39 is 0 Å². The zero-order chi connectivity index (χ0) is 22.1. The molecule has 6 heteroatoms. The highest BCUT2D eigenvalue weighted by molar-refractivity contribution is 5.98. The van der Waals surface area contributed by atoms with Gasteiger partial charge in [-0.1, -0.05) is 39.3 Å². The largest absolute Gasteiger partial charge is 0.496 e. The number of ether oxygens (including phenoxy) is 1. The van der Waals surface area contributed by atoms with E-state index in [1.165, 1.54) is 0 Å². The fraction of sp³-hybridized carbons (Fsp3) is 0.500. The van der Waals surface area contributed by atoms with Crippen LogP contribution in [0.5, 0.6) is 5.75 Å². The van der Waals surface area contributed by atoms with Crippen LogP contribution in [0.1, 0.15) is 49.7 Å². The molecule has 0 aliphatic carbocycles. The fourth-order valence-corrected chi connectivity index (χ4v) is 3.41. The van der Waals surface area contributed by atoms with Gasteiger partial charge >= 0.3 is 0 Å². The number of para-hydroxylation sites is 1. The Morgan fingerprint density at radius 3 is 2.43 bits per heavy atom. The average molecular weight is 414 g/mol. The van der Waals surface area contributed by atoms with Gasteiger partial charge in [0.15, 0.2) is 0 Å². The first-order chi connectivity index (χ1) is 14.4. The van der Waals surface area contributed by atoms with Crippen molar-refractivity contribution in [2.75, 3.05) is 26.7 Å². The fourth-order valence-electron chi connectivity index (χ4n) is 3.41. The zero-order valence-electron chi connectivity index (χ0n) is 18.9. The number of hydrogen-bond acceptors (Lipinski definition) is 3. The van der Waals surface area contributed by atoms with Crippen LogP contribution in [0.2, 0.25) is 0 Å². The molecule has 0 saturated carbocycles. The number of benzene rings is 1. The highest BCUT2D eigenvalue weighted by Gasteiger charge is 2.25. The van der Waals surface area contributed by atoms with Gasteiger partial charge in [0.25, 0.3) is 5.91 Å². The third kappa shape index (κ3) is 6.37. The maximum Gasteiger partial charge on any atom is 0.258 e. The van der Waals surface area contributed by atoms with E-state index in [0.717, 1.165) is 18.5 Å². The summed E-state index contributed by atoms with van der Waals surface area (Å²) < 4.78 is 7.39. The summed E-state index contributed by atoms with van der Waals surface area (Å²) in [5.74, 6) is 0.557. The van der Waals surface area contributed by atoms with Gasteiger partial charge in [0, 0.05) is 32.0 Å². The van der Waals surface area contributed by atoms with Crippen LogP contribution in [0.15, 0.2) is 42.6 Å². The van der Waals surface area contributed by atoms with Crippen molar-refractivity contribution in [2.24, 2.45) is 13.0 Å². The number of rotatable bonds is 11. The average Bonchev–Trinajstić information content (AvgIpc) is 3.13. The van der Waals surface area contributed by atoms with E-state index in [2.05, 4.69) is 6.92 Å². The number of methoxy groups -OCH3 is 1. The molecular formula is C24H35N3O3. The van der Waals surface area contributed by atoms with Gasteiger partial charge in [-0.15, -0.1) is 0 Å². The van der Waals surface area contributed by atoms with E-state index >= 15 is 0 Å². The molecule has 0 radical (unpaired) electrons. The molecule has 0 aliphatic rings. The van der Waals surface area contributed by atoms with Crippen molar-refractivity contribution in [1.29, 1.82) is 0 Å². The first-order valence-corrected chi connectivity index (χ1v) is 10.7. The molecule has 30 heavy (non-hydrogen) atoms. The molecule has 0 atom stereocenters. The Bertz CT molecular complexity index is 829. The molecule has 1 aromatic heterocycles. The first kappa shape index (κ1) is 23.5. The van der Waals surface area contributed by atoms with Crippen LogP contribution in [-0.2, 0) is 18.4 Å². The molecule has 164 valence electrons. The summed E-state index contributed by atoms with van der Waals surface area (Å²) in [6.07, 6.45) is 3.92. The number of aryl methyl sites for hydroxylation is 1. The lowest BCUT2D eigenvalue weighted by Crippen LogP contribution is -2.44. The molecule has 0 fully saturated rings. The predicted octanol–water partition coefficient (Wildman–Crippen LogP) is 3.96. The Morgan fingerprint density at radius 1 is 1.10 bits per heavy atom. The molecule has 2 rings (SSSR count). The van der Waals surface area contributed by atoms with Crippen LogP contribution in [-0.4, -0.2) is 52.9 Å². The Labute approximate surface area is 180 Å². The minimum Gasteiger partial charge on any atom is -0.496 e. The van der Waals surface area contributed by atoms with Crippen molar-refractivity contribution in [3.63, 3.8) is 0 Å². The highest BCUT2D eigenvalue weighted by atomic mass is 16.5. The second-order valence-electron chi connectivity index (χ2n) is 8.06. The minimum atomic E-state index is -0.177. The van der Waals surface area contributed by atoms with Crippen LogP contribution in [0.4, 0.5) is 0 Å². The summed E-state index contributed by atoms with van der Waals surface area (Å²) in [4.78, 5) is 30.0. The van der Waals surface area contributed by atoms with E-state index in [-0.39, 0.29) is 24.3 Å². The zero-order valence-corrected chi connectivity index (χ0v) is 18.9. The van der Waals surface area contributed by atoms with E-state index in [0.29, 0.717) is 30.9 Å². The lowest BCUT2D eigenvalue weighted by molar-refractivity contribution is -0.132. The lowest BCUT2D eigenvalue weighted by Gasteiger charge is -2.29. The molecule has 2 aromatic rings. The van der Waals surface area contributed by atoms with E-state index in [4.69, 9.17) is 4.74 Å². The van der Waals surface area contributed by atoms with Gasteiger partial charge in [0.1, 0.15) is 12.3 Å². The van der Waals surface area contributed by atoms with Crippen LogP contribution < -0.4 is 4.74 Å². The first-order valence-electron chi connectivity index (χ1n) is 10.7. The summed E-state index contributed by atoms with van der Waals surface area (Å²) in [6.45, 7) is 8.00. The Kier molecular flexibility index (Phi) is 8.96. The van der Waals surface area contributed by atoms with Crippen LogP contribution in [0.3, 0.4) is 0 Å². The van der Waals surface area contributed by atoms with Crippen molar-refractivity contribution in [2.45, 2.75) is 40.2 Å². The maximum atomic E-state index is 13.3. The SMILES string of the molecule is CCCCN(Cc1cccn1C)C(=O)CN(CC(C)C)C(=O)c1ccccc1OC. The predicted molar refractivity (Wildman–Crippen MR) is 119 cm³/mol. The molecule has 0 saturated heterocycles. The third-order valence-corrected chi connectivity index (χ3v) is 5.07. The number of aromatic nitrogens is 1. The molecule has 1 aromatic carbocycles. The number of carbonyl (C=O) groups excluding carboxylic acids is 2. The van der Waals surface area contributed by atoms with E-state index in [1.54, 1.807) is 24.1 Å². The molecule has 0 spiro atoms. The van der Waals surface area contributed by atoms with Gasteiger partial charge in [-0.25, -0.2) is 0 Å². The minimum absolute atomic E-state index is 0.0338. The van der Waals surface area contributed by atoms with Gasteiger partial charge in [-0.2, -0.15) is 0 Å². The standard InChI is InChI=1S/C24H35N3O3/c1-6-7-15-26(17-20-11-10-14-25(20)4)23(28)18-27(16-19(2)3)24(29)21-12-8-9-13-22(21)30-5/h8-14,19H,6-7,15-18H2,1-5H3. The summed E-state index contributed by atoms with van der Waals surface area (Å²) in [5, 5.41) is 0. The van der Waals surface area contributed by atoms with Gasteiger partial charge in [0.2, 0.25) is 5.91 Å². The number of carbonyl (C=O) groups is 2. The molecule has 0 unspecified atom stereocenters. The number of nitrogens with zero attached hydrogens (tertiary/aromatic N) is 3. The molecule has 6 nitrogen and oxygen atoms in total. The third-order valence-electron chi connectivity index (χ3n) is 5.07. The Hall–Kier alpha value is -2.76. The summed E-state index contributed by atoms with van der Waals surface area (Å²) in [5.41, 5.74) is 1.56. The van der Waals surface area contributed by atoms with Gasteiger partial charge in [-0.3, -0.25) is 9.59 Å². The van der Waals surface area contributed by atoms with Crippen LogP contribution >= 0.6 is 0 Å². The van der Waals surface area contributed by atoms with Crippen molar-refractivity contribution in [1.82, 2.24) is 14.4 Å². The van der Waals surface area contributed by atoms with Crippen LogP contribution in [0.25, 0.3) is 0 Å². The van der Waals surface area contributed by atoms with Gasteiger partial charge < -0.3 is 19.1 Å². The number of hydrogen-bond donors (Lipinski definition) is 0. The molecule has 0 N–H and O–H groups in total. The highest BCUT2D eigenvalue weighted by Crippen LogP contribution is 2.20. The Morgan fingerprint density at radius 2 is 1.83 bits per heavy atom. The normalized spacial score (nSPS) is 10.9. The van der Waals surface area contributed by atoms with Crippen molar-refractivity contribution < 1.29 is 14.3 Å². The van der Waals surface area contributed by atoms with Crippen molar-refractivity contribution in [3.05, 3.63) is 53.9 Å². The molecule has 0 bridgehead atoms. The molecule has 0 aliphatic heterocycles. The summed E-state index contributed by atoms with van der Waals surface area (Å²) in [6, 6.07) is 11.2. The molecular weight excluding hydrogens is 378 g/mol. The lowest BCUT2D eigenvalue weighted by atomic mass is 10.1. The monoisotopic (exact) mass is 413 g/mol.